The second kappa shape index (κ2) is 2.95. The van der Waals surface area contributed by atoms with Crippen LogP contribution >= 0.6 is 0 Å². The fourth-order valence-corrected chi connectivity index (χ4v) is 1.31. The number of nitrogens with two attached hydrogens (primary N) is 1. The average molecular weight is 189 g/mol. The van der Waals surface area contributed by atoms with E-state index in [1.807, 2.05) is 0 Å². The van der Waals surface area contributed by atoms with Gasteiger partial charge in [-0.25, -0.2) is 4.98 Å². The molecule has 1 aromatic heterocycles. The van der Waals surface area contributed by atoms with Gasteiger partial charge in [0, 0.05) is 5.56 Å². The van der Waals surface area contributed by atoms with Crippen LogP contribution in [-0.2, 0) is 0 Å². The van der Waals surface area contributed by atoms with Crippen molar-refractivity contribution < 1.29 is 9.59 Å². The quantitative estimate of drug-likeness (QED) is 0.673. The van der Waals surface area contributed by atoms with Gasteiger partial charge in [-0.3, -0.25) is 9.59 Å². The van der Waals surface area contributed by atoms with Crippen LogP contribution in [0.5, 0.6) is 0 Å². The van der Waals surface area contributed by atoms with Gasteiger partial charge in [0.05, 0.1) is 22.9 Å². The summed E-state index contributed by atoms with van der Waals surface area (Å²) in [6.07, 6.45) is 2.09. The molecule has 1 amide bonds. The summed E-state index contributed by atoms with van der Waals surface area (Å²) in [5, 5.41) is 0. The second-order valence-corrected chi connectivity index (χ2v) is 2.84. The molecule has 2 aromatic rings. The predicted octanol–water partition coefficient (Wildman–Crippen LogP) is 0.474. The number of carbonyl (C=O) groups excluding carboxylic acids is 2. The van der Waals surface area contributed by atoms with Crippen LogP contribution in [0.1, 0.15) is 20.7 Å². The van der Waals surface area contributed by atoms with E-state index in [1.165, 1.54) is 12.4 Å². The number of nitrogens with zero attached hydrogens (tertiary/aromatic N) is 1. The number of aromatic amines is 1. The van der Waals surface area contributed by atoms with Gasteiger partial charge in [-0.05, 0) is 12.1 Å². The highest BCUT2D eigenvalue weighted by molar-refractivity contribution is 6.03. The van der Waals surface area contributed by atoms with Crippen LogP contribution < -0.4 is 5.73 Å². The van der Waals surface area contributed by atoms with E-state index in [4.69, 9.17) is 5.73 Å². The van der Waals surface area contributed by atoms with Crippen molar-refractivity contribution in [3.05, 3.63) is 29.6 Å². The lowest BCUT2D eigenvalue weighted by Gasteiger charge is -1.99. The van der Waals surface area contributed by atoms with Gasteiger partial charge < -0.3 is 10.7 Å². The molecule has 0 aliphatic carbocycles. The van der Waals surface area contributed by atoms with Crippen LogP contribution in [0.15, 0.2) is 18.5 Å². The third-order valence-corrected chi connectivity index (χ3v) is 1.98. The first-order valence-electron chi connectivity index (χ1n) is 3.94. The minimum atomic E-state index is -0.628. The Labute approximate surface area is 78.9 Å². The molecule has 14 heavy (non-hydrogen) atoms. The predicted molar refractivity (Wildman–Crippen MR) is 50.0 cm³/mol. The summed E-state index contributed by atoms with van der Waals surface area (Å²) in [6.45, 7) is 0. The number of primary amides is 1. The van der Waals surface area contributed by atoms with E-state index >= 15 is 0 Å². The molecule has 1 aromatic carbocycles. The zero-order chi connectivity index (χ0) is 10.1. The fourth-order valence-electron chi connectivity index (χ4n) is 1.31. The van der Waals surface area contributed by atoms with Gasteiger partial charge >= 0.3 is 0 Å². The maximum absolute atomic E-state index is 11.0. The molecule has 0 aliphatic rings. The number of H-pyrrole nitrogens is 1. The Morgan fingerprint density at radius 2 is 2.29 bits per heavy atom. The molecule has 0 radical (unpaired) electrons. The highest BCUT2D eigenvalue weighted by Gasteiger charge is 2.10. The van der Waals surface area contributed by atoms with Crippen molar-refractivity contribution in [3.8, 4) is 0 Å². The largest absolute Gasteiger partial charge is 0.366 e. The summed E-state index contributed by atoms with van der Waals surface area (Å²) < 4.78 is 0. The van der Waals surface area contributed by atoms with Crippen molar-refractivity contribution in [2.75, 3.05) is 0 Å². The fraction of sp³-hybridized carbons (Fsp3) is 0. The molecule has 70 valence electrons. The topological polar surface area (TPSA) is 88.8 Å². The van der Waals surface area contributed by atoms with Crippen LogP contribution in [0, 0.1) is 0 Å². The first-order valence-corrected chi connectivity index (χ1v) is 3.94. The molecule has 3 N–H and O–H groups in total. The Hall–Kier alpha value is -2.17. The minimum Gasteiger partial charge on any atom is -0.366 e. The van der Waals surface area contributed by atoms with E-state index in [1.54, 1.807) is 6.07 Å². The van der Waals surface area contributed by atoms with Crippen LogP contribution in [-0.4, -0.2) is 22.2 Å². The number of hydrogen-bond donors (Lipinski definition) is 2. The number of rotatable bonds is 2. The van der Waals surface area contributed by atoms with Crippen LogP contribution in [0.4, 0.5) is 0 Å². The van der Waals surface area contributed by atoms with Gasteiger partial charge in [-0.15, -0.1) is 0 Å². The van der Waals surface area contributed by atoms with Gasteiger partial charge in [-0.1, -0.05) is 0 Å². The molecule has 0 spiro atoms. The maximum atomic E-state index is 11.0. The Bertz CT molecular complexity index is 516. The lowest BCUT2D eigenvalue weighted by Crippen LogP contribution is -2.13. The molecule has 0 aliphatic heterocycles. The van der Waals surface area contributed by atoms with E-state index in [2.05, 4.69) is 9.97 Å². The minimum absolute atomic E-state index is 0.194. The Morgan fingerprint density at radius 1 is 1.50 bits per heavy atom. The number of fused-ring (bicyclic) bond motifs is 1. The van der Waals surface area contributed by atoms with Crippen molar-refractivity contribution in [3.63, 3.8) is 0 Å². The Balaban J connectivity index is 2.78. The molecule has 0 unspecified atom stereocenters. The Morgan fingerprint density at radius 3 is 2.93 bits per heavy atom. The number of carbonyl (C=O) groups is 2. The van der Waals surface area contributed by atoms with Gasteiger partial charge in [-0.2, -0.15) is 0 Å². The molecule has 1 heterocycles. The Kier molecular flexibility index (Phi) is 1.78. The molecule has 0 fully saturated rings. The standard InChI is InChI=1S/C9H7N3O2/c10-9(14)6-2-8-7(11-4-12-8)1-5(6)3-13/h1-4H,(H2,10,14)(H,11,12). The molecule has 0 saturated heterocycles. The number of imidazole rings is 1. The summed E-state index contributed by atoms with van der Waals surface area (Å²) >= 11 is 0. The highest BCUT2D eigenvalue weighted by atomic mass is 16.1. The zero-order valence-electron chi connectivity index (χ0n) is 7.15. The van der Waals surface area contributed by atoms with Crippen molar-refractivity contribution in [1.82, 2.24) is 9.97 Å². The number of amides is 1. The molecular weight excluding hydrogens is 182 g/mol. The smallest absolute Gasteiger partial charge is 0.249 e. The molecule has 0 saturated carbocycles. The number of aldehydes is 1. The normalized spacial score (nSPS) is 10.3. The first-order chi connectivity index (χ1) is 6.72. The van der Waals surface area contributed by atoms with E-state index in [9.17, 15) is 9.59 Å². The summed E-state index contributed by atoms with van der Waals surface area (Å²) in [5.74, 6) is -0.628. The number of hydrogen-bond acceptors (Lipinski definition) is 3. The van der Waals surface area contributed by atoms with Crippen molar-refractivity contribution in [1.29, 1.82) is 0 Å². The van der Waals surface area contributed by atoms with Gasteiger partial charge in [0.1, 0.15) is 0 Å². The highest BCUT2D eigenvalue weighted by Crippen LogP contribution is 2.15. The van der Waals surface area contributed by atoms with Crippen molar-refractivity contribution in [2.24, 2.45) is 5.73 Å². The summed E-state index contributed by atoms with van der Waals surface area (Å²) in [4.78, 5) is 28.4. The number of benzene rings is 1. The van der Waals surface area contributed by atoms with Crippen LogP contribution in [0.3, 0.4) is 0 Å². The monoisotopic (exact) mass is 189 g/mol. The van der Waals surface area contributed by atoms with E-state index in [0.29, 0.717) is 17.3 Å². The molecule has 0 atom stereocenters. The zero-order valence-corrected chi connectivity index (χ0v) is 7.15. The second-order valence-electron chi connectivity index (χ2n) is 2.84. The van der Waals surface area contributed by atoms with Gasteiger partial charge in [0.25, 0.3) is 0 Å². The molecular formula is C9H7N3O2. The van der Waals surface area contributed by atoms with E-state index in [-0.39, 0.29) is 11.1 Å². The summed E-state index contributed by atoms with van der Waals surface area (Å²) in [5.41, 5.74) is 6.90. The molecule has 5 heteroatoms. The summed E-state index contributed by atoms with van der Waals surface area (Å²) in [6, 6.07) is 3.05. The van der Waals surface area contributed by atoms with E-state index < -0.39 is 5.91 Å². The lowest BCUT2D eigenvalue weighted by atomic mass is 10.1. The van der Waals surface area contributed by atoms with E-state index in [0.717, 1.165) is 0 Å². The number of aromatic nitrogens is 2. The lowest BCUT2D eigenvalue weighted by molar-refractivity contribution is 0.0993. The third-order valence-electron chi connectivity index (χ3n) is 1.98. The SMILES string of the molecule is NC(=O)c1cc2nc[nH]c2cc1C=O. The van der Waals surface area contributed by atoms with Gasteiger partial charge in [0.2, 0.25) is 5.91 Å². The van der Waals surface area contributed by atoms with Crippen LogP contribution in [0.2, 0.25) is 0 Å². The maximum Gasteiger partial charge on any atom is 0.249 e. The van der Waals surface area contributed by atoms with Crippen molar-refractivity contribution >= 4 is 23.2 Å². The average Bonchev–Trinajstić information content (AvgIpc) is 2.62. The van der Waals surface area contributed by atoms with Crippen LogP contribution in [0.25, 0.3) is 11.0 Å². The summed E-state index contributed by atoms with van der Waals surface area (Å²) in [7, 11) is 0. The molecule has 0 bridgehead atoms. The van der Waals surface area contributed by atoms with Crippen molar-refractivity contribution in [2.45, 2.75) is 0 Å². The van der Waals surface area contributed by atoms with Gasteiger partial charge in [0.15, 0.2) is 6.29 Å². The first kappa shape index (κ1) is 8.43. The molecule has 2 rings (SSSR count). The third kappa shape index (κ3) is 1.15. The number of nitrogens with one attached hydrogen (secondary N) is 1. The molecule has 5 nitrogen and oxygen atoms in total.